The van der Waals surface area contributed by atoms with Crippen LogP contribution in [0.15, 0.2) is 17.6 Å². The van der Waals surface area contributed by atoms with E-state index in [1.54, 1.807) is 16.8 Å². The third-order valence-corrected chi connectivity index (χ3v) is 6.96. The lowest BCUT2D eigenvalue weighted by Gasteiger charge is -2.42. The van der Waals surface area contributed by atoms with Gasteiger partial charge in [0.2, 0.25) is 0 Å². The van der Waals surface area contributed by atoms with Gasteiger partial charge in [0.25, 0.3) is 10.0 Å². The highest BCUT2D eigenvalue weighted by Gasteiger charge is 2.36. The van der Waals surface area contributed by atoms with Gasteiger partial charge in [0.1, 0.15) is 0 Å². The number of hydrogen-bond donors (Lipinski definition) is 0. The molecule has 0 N–H and O–H groups in total. The molecule has 1 aliphatic heterocycles. The predicted molar refractivity (Wildman–Crippen MR) is 89.8 cm³/mol. The van der Waals surface area contributed by atoms with Gasteiger partial charge in [0, 0.05) is 44.0 Å². The normalized spacial score (nSPS) is 25.5. The highest BCUT2D eigenvalue weighted by Crippen LogP contribution is 2.28. The summed E-state index contributed by atoms with van der Waals surface area (Å²) in [6, 6.07) is 1.13. The second kappa shape index (κ2) is 6.53. The van der Waals surface area contributed by atoms with E-state index in [4.69, 9.17) is 0 Å². The van der Waals surface area contributed by atoms with Crippen molar-refractivity contribution < 1.29 is 8.42 Å². The average molecular weight is 340 g/mol. The number of hydrogen-bond acceptors (Lipinski definition) is 4. The van der Waals surface area contributed by atoms with Crippen LogP contribution in [0.25, 0.3) is 0 Å². The molecule has 23 heavy (non-hydrogen) atoms. The first-order valence-corrected chi connectivity index (χ1v) is 10.1. The molecular formula is C16H28N4O2S. The van der Waals surface area contributed by atoms with Crippen molar-refractivity contribution in [1.82, 2.24) is 18.8 Å². The molecule has 1 saturated carbocycles. The molecule has 0 spiro atoms. The highest BCUT2D eigenvalue weighted by atomic mass is 32.2. The molecule has 1 aromatic rings. The average Bonchev–Trinajstić information content (AvgIpc) is 3.19. The molecule has 0 aromatic carbocycles. The third-order valence-electron chi connectivity index (χ3n) is 5.21. The van der Waals surface area contributed by atoms with E-state index in [-0.39, 0.29) is 17.1 Å². The number of nitrogens with zero attached hydrogens (tertiary/aromatic N) is 4. The van der Waals surface area contributed by atoms with Crippen molar-refractivity contribution in [3.8, 4) is 0 Å². The maximum absolute atomic E-state index is 12.8. The largest absolute Gasteiger partial charge is 0.334 e. The fraction of sp³-hybridized carbons (Fsp3) is 0.812. The summed E-state index contributed by atoms with van der Waals surface area (Å²) in [5.41, 5.74) is 0. The predicted octanol–water partition coefficient (Wildman–Crippen LogP) is 2.10. The van der Waals surface area contributed by atoms with E-state index in [0.29, 0.717) is 19.1 Å². The summed E-state index contributed by atoms with van der Waals surface area (Å²) >= 11 is 0. The molecule has 1 saturated heterocycles. The van der Waals surface area contributed by atoms with Crippen LogP contribution in [0, 0.1) is 0 Å². The highest BCUT2D eigenvalue weighted by molar-refractivity contribution is 7.89. The van der Waals surface area contributed by atoms with Crippen molar-refractivity contribution in [1.29, 1.82) is 0 Å². The first kappa shape index (κ1) is 16.9. The standard InChI is InChI=1S/C16H28N4O2S/c1-13(2)18-11-16(17-12-18)23(21,22)19-8-9-20(14(3)10-19)15-6-4-5-7-15/h11-15H,4-10H2,1-3H3. The number of rotatable bonds is 4. The van der Waals surface area contributed by atoms with Crippen LogP contribution in [0.3, 0.4) is 0 Å². The second-order valence-electron chi connectivity index (χ2n) is 7.14. The van der Waals surface area contributed by atoms with Crippen molar-refractivity contribution in [2.45, 2.75) is 69.6 Å². The van der Waals surface area contributed by atoms with Crippen molar-refractivity contribution in [2.75, 3.05) is 19.6 Å². The van der Waals surface area contributed by atoms with Crippen LogP contribution in [-0.2, 0) is 10.0 Å². The number of sulfonamides is 1. The van der Waals surface area contributed by atoms with E-state index in [0.717, 1.165) is 6.54 Å². The van der Waals surface area contributed by atoms with Crippen LogP contribution in [0.1, 0.15) is 52.5 Å². The van der Waals surface area contributed by atoms with Gasteiger partial charge in [-0.25, -0.2) is 13.4 Å². The van der Waals surface area contributed by atoms with Crippen LogP contribution < -0.4 is 0 Å². The Morgan fingerprint density at radius 1 is 1.22 bits per heavy atom. The van der Waals surface area contributed by atoms with E-state index in [2.05, 4.69) is 16.8 Å². The molecule has 2 fully saturated rings. The van der Waals surface area contributed by atoms with Crippen molar-refractivity contribution in [3.63, 3.8) is 0 Å². The first-order valence-electron chi connectivity index (χ1n) is 8.69. The van der Waals surface area contributed by atoms with Crippen LogP contribution in [-0.4, -0.2) is 58.9 Å². The molecule has 130 valence electrons. The Morgan fingerprint density at radius 2 is 1.91 bits per heavy atom. The Bertz CT molecular complexity index is 634. The number of aromatic nitrogens is 2. The minimum Gasteiger partial charge on any atom is -0.334 e. The maximum atomic E-state index is 12.8. The van der Waals surface area contributed by atoms with Crippen LogP contribution in [0.2, 0.25) is 0 Å². The van der Waals surface area contributed by atoms with Gasteiger partial charge in [-0.15, -0.1) is 0 Å². The lowest BCUT2D eigenvalue weighted by atomic mass is 10.1. The van der Waals surface area contributed by atoms with Gasteiger partial charge < -0.3 is 4.57 Å². The van der Waals surface area contributed by atoms with Crippen LogP contribution >= 0.6 is 0 Å². The van der Waals surface area contributed by atoms with Gasteiger partial charge in [-0.3, -0.25) is 4.90 Å². The minimum atomic E-state index is -3.48. The summed E-state index contributed by atoms with van der Waals surface area (Å²) in [5, 5.41) is 0.174. The van der Waals surface area contributed by atoms with Crippen molar-refractivity contribution in [2.24, 2.45) is 0 Å². The van der Waals surface area contributed by atoms with E-state index in [1.807, 2.05) is 18.4 Å². The summed E-state index contributed by atoms with van der Waals surface area (Å²) in [7, 11) is -3.48. The SMILES string of the molecule is CC1CN(S(=O)(=O)c2cn(C(C)C)cn2)CCN1C1CCCC1. The van der Waals surface area contributed by atoms with Gasteiger partial charge in [-0.2, -0.15) is 4.31 Å². The van der Waals surface area contributed by atoms with Gasteiger partial charge >= 0.3 is 0 Å². The molecule has 2 heterocycles. The molecule has 0 radical (unpaired) electrons. The topological polar surface area (TPSA) is 58.4 Å². The van der Waals surface area contributed by atoms with Crippen molar-refractivity contribution >= 4 is 10.0 Å². The lowest BCUT2D eigenvalue weighted by molar-refractivity contribution is 0.0852. The van der Waals surface area contributed by atoms with Gasteiger partial charge in [-0.1, -0.05) is 12.8 Å². The first-order chi connectivity index (χ1) is 10.9. The number of imidazole rings is 1. The molecule has 7 heteroatoms. The smallest absolute Gasteiger partial charge is 0.262 e. The Balaban J connectivity index is 1.71. The van der Waals surface area contributed by atoms with Crippen LogP contribution in [0.4, 0.5) is 0 Å². The Labute approximate surface area is 139 Å². The fourth-order valence-corrected chi connectivity index (χ4v) is 5.23. The van der Waals surface area contributed by atoms with Crippen LogP contribution in [0.5, 0.6) is 0 Å². The molecule has 0 amide bonds. The maximum Gasteiger partial charge on any atom is 0.262 e. The zero-order valence-corrected chi connectivity index (χ0v) is 15.2. The van der Waals surface area contributed by atoms with E-state index in [1.165, 1.54) is 25.7 Å². The summed E-state index contributed by atoms with van der Waals surface area (Å²) in [6.45, 7) is 8.13. The molecule has 1 unspecified atom stereocenters. The quantitative estimate of drug-likeness (QED) is 0.842. The van der Waals surface area contributed by atoms with Crippen molar-refractivity contribution in [3.05, 3.63) is 12.5 Å². The summed E-state index contributed by atoms with van der Waals surface area (Å²) in [6.07, 6.45) is 8.39. The Kier molecular flexibility index (Phi) is 4.80. The van der Waals surface area contributed by atoms with Gasteiger partial charge in [0.15, 0.2) is 5.03 Å². The van der Waals surface area contributed by atoms with E-state index >= 15 is 0 Å². The summed E-state index contributed by atoms with van der Waals surface area (Å²) in [4.78, 5) is 6.63. The Hall–Kier alpha value is -0.920. The minimum absolute atomic E-state index is 0.174. The second-order valence-corrected chi connectivity index (χ2v) is 9.03. The fourth-order valence-electron chi connectivity index (χ4n) is 3.80. The molecule has 0 bridgehead atoms. The zero-order chi connectivity index (χ0) is 16.6. The molecule has 2 aliphatic rings. The molecular weight excluding hydrogens is 312 g/mol. The molecule has 1 atom stereocenters. The monoisotopic (exact) mass is 340 g/mol. The van der Waals surface area contributed by atoms with E-state index in [9.17, 15) is 8.42 Å². The summed E-state index contributed by atoms with van der Waals surface area (Å²) in [5.74, 6) is 0. The molecule has 3 rings (SSSR count). The number of piperazine rings is 1. The molecule has 1 aromatic heterocycles. The Morgan fingerprint density at radius 3 is 2.48 bits per heavy atom. The lowest BCUT2D eigenvalue weighted by Crippen LogP contribution is -2.56. The zero-order valence-electron chi connectivity index (χ0n) is 14.4. The van der Waals surface area contributed by atoms with Gasteiger partial charge in [0.05, 0.1) is 6.33 Å². The molecule has 6 nitrogen and oxygen atoms in total. The van der Waals surface area contributed by atoms with E-state index < -0.39 is 10.0 Å². The molecule has 1 aliphatic carbocycles. The van der Waals surface area contributed by atoms with Gasteiger partial charge in [-0.05, 0) is 33.6 Å². The third kappa shape index (κ3) is 3.32. The summed E-state index contributed by atoms with van der Waals surface area (Å²) < 4.78 is 29.1.